The lowest BCUT2D eigenvalue weighted by molar-refractivity contribution is -0.101. The van der Waals surface area contributed by atoms with E-state index in [2.05, 4.69) is 22.0 Å². The van der Waals surface area contributed by atoms with Crippen LogP contribution in [0.2, 0.25) is 0 Å². The van der Waals surface area contributed by atoms with Crippen LogP contribution in [0.25, 0.3) is 0 Å². The third-order valence-corrected chi connectivity index (χ3v) is 5.20. The van der Waals surface area contributed by atoms with Crippen LogP contribution < -0.4 is 0 Å². The molecule has 3 atom stereocenters. The van der Waals surface area contributed by atoms with Gasteiger partial charge in [-0.3, -0.25) is 9.88 Å². The molecular weight excluding hydrogens is 276 g/mol. The largest absolute Gasteiger partial charge is 0.378 e. The maximum atomic E-state index is 6.29. The third kappa shape index (κ3) is 3.50. The fourth-order valence-electron chi connectivity index (χ4n) is 3.75. The van der Waals surface area contributed by atoms with Crippen molar-refractivity contribution < 1.29 is 9.47 Å². The van der Waals surface area contributed by atoms with Crippen LogP contribution in [0, 0.1) is 5.92 Å². The fourth-order valence-corrected chi connectivity index (χ4v) is 3.75. The summed E-state index contributed by atoms with van der Waals surface area (Å²) in [5, 5.41) is 0. The Bertz CT molecular complexity index is 477. The van der Waals surface area contributed by atoms with Gasteiger partial charge >= 0.3 is 0 Å². The highest BCUT2D eigenvalue weighted by atomic mass is 16.5. The van der Waals surface area contributed by atoms with E-state index in [1.807, 2.05) is 12.3 Å². The first-order valence-electron chi connectivity index (χ1n) is 8.75. The minimum absolute atomic E-state index is 0.315. The monoisotopic (exact) mass is 302 g/mol. The van der Waals surface area contributed by atoms with E-state index in [1.165, 1.54) is 19.3 Å². The zero-order valence-electron chi connectivity index (χ0n) is 13.2. The molecule has 3 fully saturated rings. The molecular formula is C18H26N2O2. The summed E-state index contributed by atoms with van der Waals surface area (Å²) in [5.41, 5.74) is 1.16. The smallest absolute Gasteiger partial charge is 0.0813 e. The lowest BCUT2D eigenvalue weighted by Crippen LogP contribution is -2.43. The summed E-state index contributed by atoms with van der Waals surface area (Å²) in [6.45, 7) is 3.81. The van der Waals surface area contributed by atoms with Crippen LogP contribution in [0.3, 0.4) is 0 Å². The normalized spacial score (nSPS) is 32.1. The van der Waals surface area contributed by atoms with Crippen LogP contribution >= 0.6 is 0 Å². The summed E-state index contributed by atoms with van der Waals surface area (Å²) < 4.78 is 12.1. The molecule has 2 saturated heterocycles. The van der Waals surface area contributed by atoms with Gasteiger partial charge in [0, 0.05) is 31.9 Å². The van der Waals surface area contributed by atoms with Crippen LogP contribution in [0.1, 0.15) is 37.8 Å². The van der Waals surface area contributed by atoms with Gasteiger partial charge in [0.2, 0.25) is 0 Å². The molecule has 0 N–H and O–H groups in total. The van der Waals surface area contributed by atoms with Gasteiger partial charge in [0.15, 0.2) is 0 Å². The quantitative estimate of drug-likeness (QED) is 0.809. The van der Waals surface area contributed by atoms with Gasteiger partial charge in [0.05, 0.1) is 24.5 Å². The van der Waals surface area contributed by atoms with Crippen molar-refractivity contribution in [1.29, 1.82) is 0 Å². The van der Waals surface area contributed by atoms with E-state index in [0.717, 1.165) is 50.8 Å². The number of aromatic nitrogens is 1. The molecule has 4 nitrogen and oxygen atoms in total. The molecule has 1 aromatic heterocycles. The Kier molecular flexibility index (Phi) is 4.42. The Morgan fingerprint density at radius 1 is 1.14 bits per heavy atom. The molecule has 0 bridgehead atoms. The van der Waals surface area contributed by atoms with Crippen molar-refractivity contribution in [2.24, 2.45) is 5.92 Å². The highest BCUT2D eigenvalue weighted by Crippen LogP contribution is 2.33. The van der Waals surface area contributed by atoms with Crippen LogP contribution in [0.4, 0.5) is 0 Å². The number of hydrogen-bond acceptors (Lipinski definition) is 4. The number of rotatable bonds is 6. The number of ether oxygens (including phenoxy) is 2. The maximum Gasteiger partial charge on any atom is 0.0813 e. The first kappa shape index (κ1) is 14.6. The Labute approximate surface area is 132 Å². The second-order valence-corrected chi connectivity index (χ2v) is 7.00. The summed E-state index contributed by atoms with van der Waals surface area (Å²) in [5.74, 6) is 0.844. The molecule has 2 aliphatic heterocycles. The highest BCUT2D eigenvalue weighted by Gasteiger charge is 2.39. The summed E-state index contributed by atoms with van der Waals surface area (Å²) >= 11 is 0. The van der Waals surface area contributed by atoms with Crippen molar-refractivity contribution in [3.63, 3.8) is 0 Å². The molecule has 4 rings (SSSR count). The summed E-state index contributed by atoms with van der Waals surface area (Å²) in [6, 6.07) is 6.74. The lowest BCUT2D eigenvalue weighted by atomic mass is 9.99. The van der Waals surface area contributed by atoms with Crippen LogP contribution in [-0.4, -0.2) is 47.9 Å². The maximum absolute atomic E-state index is 6.29. The zero-order chi connectivity index (χ0) is 14.8. The molecule has 0 radical (unpaired) electrons. The van der Waals surface area contributed by atoms with Gasteiger partial charge in [-0.1, -0.05) is 6.07 Å². The van der Waals surface area contributed by atoms with Crippen molar-refractivity contribution in [2.75, 3.05) is 19.8 Å². The van der Waals surface area contributed by atoms with Gasteiger partial charge in [-0.2, -0.15) is 0 Å². The predicted molar refractivity (Wildman–Crippen MR) is 84.5 cm³/mol. The molecule has 0 aromatic carbocycles. The molecule has 1 aromatic rings. The Morgan fingerprint density at radius 3 is 2.91 bits per heavy atom. The SMILES string of the molecule is c1ccc(CN2CC[C@H]3O[C@@H](COCC4CC4)CC[C@H]32)nc1. The highest BCUT2D eigenvalue weighted by molar-refractivity contribution is 5.05. The summed E-state index contributed by atoms with van der Waals surface area (Å²) in [6.07, 6.45) is 8.82. The van der Waals surface area contributed by atoms with E-state index in [0.29, 0.717) is 18.2 Å². The van der Waals surface area contributed by atoms with E-state index in [9.17, 15) is 0 Å². The molecule has 3 heterocycles. The third-order valence-electron chi connectivity index (χ3n) is 5.20. The minimum atomic E-state index is 0.315. The molecule has 0 spiro atoms. The predicted octanol–water partition coefficient (Wildman–Crippen LogP) is 2.63. The second kappa shape index (κ2) is 6.65. The van der Waals surface area contributed by atoms with Gasteiger partial charge < -0.3 is 9.47 Å². The molecule has 0 amide bonds. The van der Waals surface area contributed by atoms with E-state index in [4.69, 9.17) is 9.47 Å². The van der Waals surface area contributed by atoms with E-state index >= 15 is 0 Å². The number of likely N-dealkylation sites (tertiary alicyclic amines) is 1. The molecule has 3 aliphatic rings. The van der Waals surface area contributed by atoms with E-state index < -0.39 is 0 Å². The summed E-state index contributed by atoms with van der Waals surface area (Å²) in [7, 11) is 0. The molecule has 1 saturated carbocycles. The minimum Gasteiger partial charge on any atom is -0.378 e. The van der Waals surface area contributed by atoms with Crippen LogP contribution in [0.5, 0.6) is 0 Å². The van der Waals surface area contributed by atoms with Gasteiger partial charge in [0.1, 0.15) is 0 Å². The standard InChI is InChI=1S/C18H26N2O2/c1-2-9-19-15(3-1)11-20-10-8-18-17(20)7-6-16(22-18)13-21-12-14-4-5-14/h1-3,9,14,16-18H,4-8,10-13H2/t16-,17-,18-/m1/s1. The second-order valence-electron chi connectivity index (χ2n) is 7.00. The number of pyridine rings is 1. The molecule has 22 heavy (non-hydrogen) atoms. The van der Waals surface area contributed by atoms with Crippen LogP contribution in [0.15, 0.2) is 24.4 Å². The molecule has 4 heteroatoms. The Hall–Kier alpha value is -0.970. The van der Waals surface area contributed by atoms with Crippen LogP contribution in [-0.2, 0) is 16.0 Å². The van der Waals surface area contributed by atoms with Gasteiger partial charge in [-0.15, -0.1) is 0 Å². The van der Waals surface area contributed by atoms with E-state index in [1.54, 1.807) is 0 Å². The lowest BCUT2D eigenvalue weighted by Gasteiger charge is -2.35. The van der Waals surface area contributed by atoms with Gasteiger partial charge in [-0.25, -0.2) is 0 Å². The summed E-state index contributed by atoms with van der Waals surface area (Å²) in [4.78, 5) is 7.01. The van der Waals surface area contributed by atoms with Gasteiger partial charge in [0.25, 0.3) is 0 Å². The first-order valence-corrected chi connectivity index (χ1v) is 8.75. The number of hydrogen-bond donors (Lipinski definition) is 0. The fraction of sp³-hybridized carbons (Fsp3) is 0.722. The Morgan fingerprint density at radius 2 is 2.09 bits per heavy atom. The van der Waals surface area contributed by atoms with Crippen molar-refractivity contribution in [2.45, 2.75) is 56.9 Å². The molecule has 120 valence electrons. The van der Waals surface area contributed by atoms with Gasteiger partial charge in [-0.05, 0) is 50.2 Å². The van der Waals surface area contributed by atoms with Crippen molar-refractivity contribution in [3.05, 3.63) is 30.1 Å². The van der Waals surface area contributed by atoms with Crippen molar-refractivity contribution >= 4 is 0 Å². The van der Waals surface area contributed by atoms with E-state index in [-0.39, 0.29) is 0 Å². The number of fused-ring (bicyclic) bond motifs is 1. The number of nitrogens with zero attached hydrogens (tertiary/aromatic N) is 2. The topological polar surface area (TPSA) is 34.6 Å². The average molecular weight is 302 g/mol. The first-order chi connectivity index (χ1) is 10.9. The zero-order valence-corrected chi connectivity index (χ0v) is 13.2. The average Bonchev–Trinajstić information content (AvgIpc) is 3.29. The Balaban J connectivity index is 1.26. The van der Waals surface area contributed by atoms with Crippen molar-refractivity contribution in [1.82, 2.24) is 9.88 Å². The molecule has 1 aliphatic carbocycles. The molecule has 0 unspecified atom stereocenters. The van der Waals surface area contributed by atoms with Crippen molar-refractivity contribution in [3.8, 4) is 0 Å².